The average molecular weight is 435 g/mol. The van der Waals surface area contributed by atoms with Gasteiger partial charge in [-0.15, -0.1) is 0 Å². The summed E-state index contributed by atoms with van der Waals surface area (Å²) in [6.07, 6.45) is -1.10. The number of aliphatic hydroxyl groups is 1. The van der Waals surface area contributed by atoms with E-state index in [1.165, 1.54) is 12.1 Å². The third-order valence-electron chi connectivity index (χ3n) is 4.79. The highest BCUT2D eigenvalue weighted by molar-refractivity contribution is 6.30. The van der Waals surface area contributed by atoms with Gasteiger partial charge in [-0.2, -0.15) is 0 Å². The Morgan fingerprint density at radius 1 is 1.23 bits per heavy atom. The van der Waals surface area contributed by atoms with Crippen LogP contribution in [-0.4, -0.2) is 29.6 Å². The maximum absolute atomic E-state index is 13.5. The highest BCUT2D eigenvalue weighted by Gasteiger charge is 2.43. The number of urea groups is 2. The van der Waals surface area contributed by atoms with Crippen LogP contribution >= 0.6 is 11.6 Å². The summed E-state index contributed by atoms with van der Waals surface area (Å²) in [7, 11) is 0. The molecular weight excluding hydrogens is 415 g/mol. The van der Waals surface area contributed by atoms with Crippen molar-refractivity contribution < 1.29 is 23.9 Å². The Labute approximate surface area is 176 Å². The molecule has 0 aliphatic carbocycles. The van der Waals surface area contributed by atoms with E-state index in [0.29, 0.717) is 11.1 Å². The second-order valence-electron chi connectivity index (χ2n) is 6.99. The summed E-state index contributed by atoms with van der Waals surface area (Å²) < 4.78 is 13.5. The molecule has 30 heavy (non-hydrogen) atoms. The first-order valence-corrected chi connectivity index (χ1v) is 9.44. The number of carbonyl (C=O) groups excluding carboxylic acids is 3. The fraction of sp³-hybridized carbons (Fsp3) is 0.250. The summed E-state index contributed by atoms with van der Waals surface area (Å²) in [5.74, 6) is -1.11. The lowest BCUT2D eigenvalue weighted by Gasteiger charge is -2.21. The maximum Gasteiger partial charge on any atom is 0.322 e. The molecule has 10 heteroatoms. The summed E-state index contributed by atoms with van der Waals surface area (Å²) >= 11 is 5.61. The Balaban J connectivity index is 1.54. The van der Waals surface area contributed by atoms with E-state index in [1.807, 2.05) is 0 Å². The minimum Gasteiger partial charge on any atom is -0.387 e. The van der Waals surface area contributed by atoms with Gasteiger partial charge in [0.1, 0.15) is 11.4 Å². The van der Waals surface area contributed by atoms with Gasteiger partial charge in [0, 0.05) is 13.1 Å². The Kier molecular flexibility index (Phi) is 6.23. The normalized spacial score (nSPS) is 19.1. The van der Waals surface area contributed by atoms with E-state index < -0.39 is 35.4 Å². The van der Waals surface area contributed by atoms with E-state index in [-0.39, 0.29) is 23.7 Å². The van der Waals surface area contributed by atoms with Crippen LogP contribution in [0.3, 0.4) is 0 Å². The van der Waals surface area contributed by atoms with Crippen molar-refractivity contribution in [2.45, 2.75) is 25.1 Å². The summed E-state index contributed by atoms with van der Waals surface area (Å²) in [6.45, 7) is 1.61. The molecule has 3 rings (SSSR count). The molecule has 1 saturated heterocycles. The first-order chi connectivity index (χ1) is 14.2. The highest BCUT2D eigenvalue weighted by atomic mass is 35.5. The Morgan fingerprint density at radius 3 is 2.67 bits per heavy atom. The molecule has 5 N–H and O–H groups in total. The number of rotatable bonds is 6. The van der Waals surface area contributed by atoms with Gasteiger partial charge >= 0.3 is 12.1 Å². The van der Waals surface area contributed by atoms with Crippen molar-refractivity contribution >= 4 is 29.6 Å². The van der Waals surface area contributed by atoms with E-state index in [0.717, 1.165) is 6.07 Å². The fourth-order valence-electron chi connectivity index (χ4n) is 3.01. The summed E-state index contributed by atoms with van der Waals surface area (Å²) in [4.78, 5) is 35.5. The Bertz CT molecular complexity index is 1000. The average Bonchev–Trinajstić information content (AvgIpc) is 2.99. The molecule has 2 atom stereocenters. The van der Waals surface area contributed by atoms with Gasteiger partial charge in [0.05, 0.1) is 11.1 Å². The monoisotopic (exact) mass is 434 g/mol. The van der Waals surface area contributed by atoms with Gasteiger partial charge in [-0.25, -0.2) is 14.0 Å². The molecule has 158 valence electrons. The standard InChI is InChI=1S/C20H20ClFN4O4/c1-20(17(28)25-19(30)26-20)13-4-2-3-11(7-13)9-23-18(29)24-10-16(27)12-5-6-14(21)15(22)8-12/h2-8,16,27H,9-10H2,1H3,(H2,23,24,29)(H2,25,26,28,30). The predicted molar refractivity (Wildman–Crippen MR) is 107 cm³/mol. The molecule has 8 nitrogen and oxygen atoms in total. The fourth-order valence-corrected chi connectivity index (χ4v) is 3.13. The molecule has 0 radical (unpaired) electrons. The van der Waals surface area contributed by atoms with E-state index in [9.17, 15) is 23.9 Å². The number of hydrogen-bond acceptors (Lipinski definition) is 4. The van der Waals surface area contributed by atoms with Crippen molar-refractivity contribution in [2.75, 3.05) is 6.54 Å². The number of nitrogens with one attached hydrogen (secondary N) is 4. The Morgan fingerprint density at radius 2 is 2.00 bits per heavy atom. The van der Waals surface area contributed by atoms with Crippen molar-refractivity contribution in [3.8, 4) is 0 Å². The van der Waals surface area contributed by atoms with Crippen LogP contribution in [0, 0.1) is 5.82 Å². The van der Waals surface area contributed by atoms with Gasteiger partial charge < -0.3 is 21.1 Å². The Hall–Kier alpha value is -3.17. The van der Waals surface area contributed by atoms with Crippen LogP contribution in [0.15, 0.2) is 42.5 Å². The molecule has 1 aliphatic rings. The molecule has 0 bridgehead atoms. The lowest BCUT2D eigenvalue weighted by Crippen LogP contribution is -2.40. The molecule has 0 aromatic heterocycles. The van der Waals surface area contributed by atoms with Crippen LogP contribution in [0.4, 0.5) is 14.0 Å². The zero-order valence-corrected chi connectivity index (χ0v) is 16.7. The molecule has 1 heterocycles. The number of carbonyl (C=O) groups is 3. The molecule has 1 fully saturated rings. The van der Waals surface area contributed by atoms with Crippen LogP contribution in [0.2, 0.25) is 5.02 Å². The second-order valence-corrected chi connectivity index (χ2v) is 7.39. The van der Waals surface area contributed by atoms with Gasteiger partial charge in [-0.3, -0.25) is 10.1 Å². The zero-order chi connectivity index (χ0) is 21.9. The largest absolute Gasteiger partial charge is 0.387 e. The third kappa shape index (κ3) is 4.69. The SMILES string of the molecule is CC1(c2cccc(CNC(=O)NCC(O)c3ccc(Cl)c(F)c3)c2)NC(=O)NC1=O. The van der Waals surface area contributed by atoms with Crippen LogP contribution in [-0.2, 0) is 16.9 Å². The van der Waals surface area contributed by atoms with Gasteiger partial charge in [0.15, 0.2) is 0 Å². The van der Waals surface area contributed by atoms with Crippen molar-refractivity contribution in [1.82, 2.24) is 21.3 Å². The predicted octanol–water partition coefficient (Wildman–Crippen LogP) is 2.07. The molecule has 0 saturated carbocycles. The topological polar surface area (TPSA) is 120 Å². The van der Waals surface area contributed by atoms with Gasteiger partial charge in [-0.05, 0) is 35.7 Å². The van der Waals surface area contributed by atoms with Crippen LogP contribution < -0.4 is 21.3 Å². The zero-order valence-electron chi connectivity index (χ0n) is 16.0. The van der Waals surface area contributed by atoms with Gasteiger partial charge in [0.2, 0.25) is 0 Å². The molecule has 5 amide bonds. The smallest absolute Gasteiger partial charge is 0.322 e. The minimum absolute atomic E-state index is 0.0533. The van der Waals surface area contributed by atoms with E-state index in [1.54, 1.807) is 31.2 Å². The van der Waals surface area contributed by atoms with Crippen LogP contribution in [0.25, 0.3) is 0 Å². The van der Waals surface area contributed by atoms with Crippen molar-refractivity contribution in [3.05, 3.63) is 70.0 Å². The van der Waals surface area contributed by atoms with Crippen molar-refractivity contribution in [2.24, 2.45) is 0 Å². The molecule has 0 spiro atoms. The first kappa shape index (κ1) is 21.5. The number of aliphatic hydroxyl groups excluding tert-OH is 1. The van der Waals surface area contributed by atoms with Crippen molar-refractivity contribution in [1.29, 1.82) is 0 Å². The lowest BCUT2D eigenvalue weighted by atomic mass is 9.91. The third-order valence-corrected chi connectivity index (χ3v) is 5.09. The van der Waals surface area contributed by atoms with E-state index in [2.05, 4.69) is 21.3 Å². The van der Waals surface area contributed by atoms with Crippen molar-refractivity contribution in [3.63, 3.8) is 0 Å². The summed E-state index contributed by atoms with van der Waals surface area (Å²) in [6, 6.07) is 9.69. The molecule has 1 aliphatic heterocycles. The van der Waals surface area contributed by atoms with Crippen LogP contribution in [0.5, 0.6) is 0 Å². The maximum atomic E-state index is 13.5. The molecule has 2 unspecified atom stereocenters. The lowest BCUT2D eigenvalue weighted by molar-refractivity contribution is -0.123. The molecular formula is C20H20ClFN4O4. The number of imide groups is 1. The summed E-state index contributed by atoms with van der Waals surface area (Å²) in [5.41, 5.74) is 0.381. The first-order valence-electron chi connectivity index (χ1n) is 9.07. The van der Waals surface area contributed by atoms with E-state index >= 15 is 0 Å². The summed E-state index contributed by atoms with van der Waals surface area (Å²) in [5, 5.41) is 19.9. The number of hydrogen-bond donors (Lipinski definition) is 5. The number of benzene rings is 2. The second kappa shape index (κ2) is 8.68. The van der Waals surface area contributed by atoms with Crippen LogP contribution in [0.1, 0.15) is 29.7 Å². The van der Waals surface area contributed by atoms with Gasteiger partial charge in [-0.1, -0.05) is 41.9 Å². The van der Waals surface area contributed by atoms with E-state index in [4.69, 9.17) is 11.6 Å². The number of amides is 5. The molecule has 2 aromatic carbocycles. The minimum atomic E-state index is -1.19. The quantitative estimate of drug-likeness (QED) is 0.447. The number of halogens is 2. The van der Waals surface area contributed by atoms with Gasteiger partial charge in [0.25, 0.3) is 5.91 Å². The molecule has 2 aromatic rings. The highest BCUT2D eigenvalue weighted by Crippen LogP contribution is 2.25.